The van der Waals surface area contributed by atoms with E-state index in [0.29, 0.717) is 5.92 Å². The molecule has 0 spiro atoms. The summed E-state index contributed by atoms with van der Waals surface area (Å²) in [6.45, 7) is 3.13. The van der Waals surface area contributed by atoms with Gasteiger partial charge in [-0.3, -0.25) is 4.98 Å². The molecule has 4 nitrogen and oxygen atoms in total. The molecule has 0 aliphatic heterocycles. The summed E-state index contributed by atoms with van der Waals surface area (Å²) in [5.74, 6) is 0.368. The highest BCUT2D eigenvalue weighted by atomic mass is 16.7. The quantitative estimate of drug-likeness (QED) is 0.766. The van der Waals surface area contributed by atoms with Gasteiger partial charge < -0.3 is 14.8 Å². The molecule has 2 atom stereocenters. The first-order valence-electron chi connectivity index (χ1n) is 7.04. The molecule has 2 rings (SSSR count). The minimum absolute atomic E-state index is 0.158. The molecule has 1 heterocycles. The van der Waals surface area contributed by atoms with Gasteiger partial charge in [0.1, 0.15) is 0 Å². The summed E-state index contributed by atoms with van der Waals surface area (Å²) in [6.07, 6.45) is 4.94. The second-order valence-electron chi connectivity index (χ2n) is 5.01. The van der Waals surface area contributed by atoms with Crippen LogP contribution in [0, 0.1) is 0 Å². The molecule has 1 aromatic heterocycles. The Morgan fingerprint density at radius 3 is 2.89 bits per heavy atom. The summed E-state index contributed by atoms with van der Waals surface area (Å²) in [7, 11) is 3.39. The van der Waals surface area contributed by atoms with Crippen molar-refractivity contribution in [2.45, 2.75) is 44.4 Å². The Kier molecular flexibility index (Phi) is 5.31. The van der Waals surface area contributed by atoms with Crippen molar-refractivity contribution in [1.82, 2.24) is 10.3 Å². The molecule has 0 amide bonds. The Morgan fingerprint density at radius 1 is 1.42 bits per heavy atom. The normalized spacial score (nSPS) is 19.7. The minimum atomic E-state index is -0.232. The molecular weight excluding hydrogens is 240 g/mol. The lowest BCUT2D eigenvalue weighted by Crippen LogP contribution is -2.46. The van der Waals surface area contributed by atoms with Crippen molar-refractivity contribution in [3.63, 3.8) is 0 Å². The van der Waals surface area contributed by atoms with E-state index >= 15 is 0 Å². The van der Waals surface area contributed by atoms with Gasteiger partial charge in [-0.2, -0.15) is 0 Å². The molecule has 0 saturated heterocycles. The van der Waals surface area contributed by atoms with E-state index in [2.05, 4.69) is 23.3 Å². The number of nitrogens with zero attached hydrogens (tertiary/aromatic N) is 1. The molecule has 0 bridgehead atoms. The lowest BCUT2D eigenvalue weighted by atomic mass is 9.96. The Labute approximate surface area is 115 Å². The average molecular weight is 264 g/mol. The van der Waals surface area contributed by atoms with E-state index in [9.17, 15) is 0 Å². The smallest absolute Gasteiger partial charge is 0.172 e. The van der Waals surface area contributed by atoms with Crippen LogP contribution in [0.1, 0.15) is 36.9 Å². The second-order valence-corrected chi connectivity index (χ2v) is 5.01. The standard InChI is InChI=1S/C15H24N2O2/c1-4-9-16-14(15(18-2)19-3)12-8-7-11-6-5-10-17-13(11)12/h5-6,10,12,14-16H,4,7-9H2,1-3H3. The van der Waals surface area contributed by atoms with E-state index in [1.54, 1.807) is 14.2 Å². The first kappa shape index (κ1) is 14.4. The van der Waals surface area contributed by atoms with E-state index in [1.807, 2.05) is 12.3 Å². The van der Waals surface area contributed by atoms with Crippen LogP contribution in [0.5, 0.6) is 0 Å². The average Bonchev–Trinajstić information content (AvgIpc) is 2.87. The SMILES string of the molecule is CCCNC(C(OC)OC)C1CCc2cccnc21. The van der Waals surface area contributed by atoms with Crippen molar-refractivity contribution >= 4 is 0 Å². The van der Waals surface area contributed by atoms with Gasteiger partial charge in [0.15, 0.2) is 6.29 Å². The molecule has 19 heavy (non-hydrogen) atoms. The Bertz CT molecular complexity index is 393. The number of fused-ring (bicyclic) bond motifs is 1. The van der Waals surface area contributed by atoms with Crippen molar-refractivity contribution in [3.05, 3.63) is 29.6 Å². The summed E-state index contributed by atoms with van der Waals surface area (Å²) in [5, 5.41) is 3.56. The van der Waals surface area contributed by atoms with Gasteiger partial charge in [0, 0.05) is 32.0 Å². The first-order chi connectivity index (χ1) is 9.31. The fourth-order valence-corrected chi connectivity index (χ4v) is 2.92. The largest absolute Gasteiger partial charge is 0.354 e. The van der Waals surface area contributed by atoms with Gasteiger partial charge in [-0.05, 0) is 37.4 Å². The van der Waals surface area contributed by atoms with Gasteiger partial charge in [0.05, 0.1) is 6.04 Å². The minimum Gasteiger partial charge on any atom is -0.354 e. The molecular formula is C15H24N2O2. The number of pyridine rings is 1. The number of ether oxygens (including phenoxy) is 2. The highest BCUT2D eigenvalue weighted by molar-refractivity contribution is 5.30. The summed E-state index contributed by atoms with van der Waals surface area (Å²) in [4.78, 5) is 4.57. The summed E-state index contributed by atoms with van der Waals surface area (Å²) in [5.41, 5.74) is 2.57. The molecule has 1 N–H and O–H groups in total. The van der Waals surface area contributed by atoms with Gasteiger partial charge >= 0.3 is 0 Å². The van der Waals surface area contributed by atoms with Crippen LogP contribution in [-0.4, -0.2) is 38.1 Å². The van der Waals surface area contributed by atoms with Crippen LogP contribution in [0.25, 0.3) is 0 Å². The van der Waals surface area contributed by atoms with E-state index < -0.39 is 0 Å². The number of nitrogens with one attached hydrogen (secondary N) is 1. The van der Waals surface area contributed by atoms with E-state index in [1.165, 1.54) is 11.3 Å². The number of rotatable bonds is 7. The van der Waals surface area contributed by atoms with Crippen molar-refractivity contribution in [2.75, 3.05) is 20.8 Å². The number of methoxy groups -OCH3 is 2. The molecule has 1 aliphatic rings. The Hall–Kier alpha value is -0.970. The number of hydrogen-bond donors (Lipinski definition) is 1. The number of aryl methyl sites for hydroxylation is 1. The summed E-state index contributed by atoms with van der Waals surface area (Å²) in [6, 6.07) is 4.35. The van der Waals surface area contributed by atoms with E-state index in [-0.39, 0.29) is 12.3 Å². The van der Waals surface area contributed by atoms with E-state index in [0.717, 1.165) is 25.8 Å². The maximum absolute atomic E-state index is 5.47. The maximum Gasteiger partial charge on any atom is 0.172 e. The monoisotopic (exact) mass is 264 g/mol. The lowest BCUT2D eigenvalue weighted by Gasteiger charge is -2.30. The molecule has 0 saturated carbocycles. The fourth-order valence-electron chi connectivity index (χ4n) is 2.92. The van der Waals surface area contributed by atoms with Crippen LogP contribution < -0.4 is 5.32 Å². The van der Waals surface area contributed by atoms with Gasteiger partial charge in [-0.1, -0.05) is 13.0 Å². The van der Waals surface area contributed by atoms with Crippen LogP contribution in [-0.2, 0) is 15.9 Å². The third-order valence-corrected chi connectivity index (χ3v) is 3.82. The number of aromatic nitrogens is 1. The predicted octanol–water partition coefficient (Wildman–Crippen LogP) is 2.10. The molecule has 0 radical (unpaired) electrons. The molecule has 2 unspecified atom stereocenters. The Balaban J connectivity index is 2.19. The summed E-state index contributed by atoms with van der Waals surface area (Å²) >= 11 is 0. The second kappa shape index (κ2) is 6.98. The molecule has 0 aromatic carbocycles. The first-order valence-corrected chi connectivity index (χ1v) is 7.04. The highest BCUT2D eigenvalue weighted by Crippen LogP contribution is 2.35. The third-order valence-electron chi connectivity index (χ3n) is 3.82. The zero-order valence-corrected chi connectivity index (χ0v) is 12.1. The van der Waals surface area contributed by atoms with Gasteiger partial charge in [0.25, 0.3) is 0 Å². The van der Waals surface area contributed by atoms with Crippen molar-refractivity contribution in [1.29, 1.82) is 0 Å². The molecule has 1 aliphatic carbocycles. The van der Waals surface area contributed by atoms with E-state index in [4.69, 9.17) is 9.47 Å². The van der Waals surface area contributed by atoms with Gasteiger partial charge in [-0.15, -0.1) is 0 Å². The maximum atomic E-state index is 5.47. The van der Waals surface area contributed by atoms with Gasteiger partial charge in [-0.25, -0.2) is 0 Å². The molecule has 106 valence electrons. The molecule has 1 aromatic rings. The van der Waals surface area contributed by atoms with Crippen LogP contribution in [0.4, 0.5) is 0 Å². The Morgan fingerprint density at radius 2 is 2.21 bits per heavy atom. The van der Waals surface area contributed by atoms with Crippen molar-refractivity contribution in [3.8, 4) is 0 Å². The zero-order valence-electron chi connectivity index (χ0n) is 12.1. The summed E-state index contributed by atoms with van der Waals surface area (Å²) < 4.78 is 10.9. The van der Waals surface area contributed by atoms with Crippen LogP contribution >= 0.6 is 0 Å². The van der Waals surface area contributed by atoms with Crippen LogP contribution in [0.15, 0.2) is 18.3 Å². The predicted molar refractivity (Wildman–Crippen MR) is 75.2 cm³/mol. The zero-order chi connectivity index (χ0) is 13.7. The fraction of sp³-hybridized carbons (Fsp3) is 0.667. The topological polar surface area (TPSA) is 43.4 Å². The number of hydrogen-bond acceptors (Lipinski definition) is 4. The highest BCUT2D eigenvalue weighted by Gasteiger charge is 2.35. The van der Waals surface area contributed by atoms with Crippen LogP contribution in [0.2, 0.25) is 0 Å². The lowest BCUT2D eigenvalue weighted by molar-refractivity contribution is -0.127. The van der Waals surface area contributed by atoms with Crippen LogP contribution in [0.3, 0.4) is 0 Å². The van der Waals surface area contributed by atoms with Crippen molar-refractivity contribution < 1.29 is 9.47 Å². The molecule has 0 fully saturated rings. The third kappa shape index (κ3) is 3.14. The van der Waals surface area contributed by atoms with Gasteiger partial charge in [0.2, 0.25) is 0 Å². The van der Waals surface area contributed by atoms with Crippen molar-refractivity contribution in [2.24, 2.45) is 0 Å². The molecule has 4 heteroatoms.